The van der Waals surface area contributed by atoms with Crippen LogP contribution in [0.2, 0.25) is 0 Å². The second kappa shape index (κ2) is 15.7. The lowest BCUT2D eigenvalue weighted by molar-refractivity contribution is 0.674. The van der Waals surface area contributed by atoms with Crippen LogP contribution in [-0.4, -0.2) is 16.2 Å². The number of benzene rings is 10. The number of para-hydroxylation sites is 1. The summed E-state index contributed by atoms with van der Waals surface area (Å²) >= 11 is 1.85. The highest BCUT2D eigenvalue weighted by molar-refractivity contribution is 7.25. The molecule has 2 aromatic heterocycles. The molecule has 0 spiro atoms. The Kier molecular flexibility index (Phi) is 9.07. The molecule has 1 aliphatic rings. The van der Waals surface area contributed by atoms with Crippen molar-refractivity contribution in [1.29, 1.82) is 0 Å². The maximum Gasteiger partial charge on any atom is 0.159 e. The molecule has 1 aliphatic heterocycles. The summed E-state index contributed by atoms with van der Waals surface area (Å²) < 4.78 is 5.00. The normalized spacial score (nSPS) is 13.9. The first-order valence-corrected chi connectivity index (χ1v) is 23.2. The number of nitrogens with one attached hydrogen (secondary N) is 1. The van der Waals surface area contributed by atoms with E-state index in [4.69, 9.17) is 9.98 Å². The van der Waals surface area contributed by atoms with Crippen LogP contribution in [0.4, 0.5) is 0 Å². The Hall–Kier alpha value is -8.38. The molecule has 1 atom stereocenters. The van der Waals surface area contributed by atoms with Gasteiger partial charge in [-0.15, -0.1) is 11.3 Å². The van der Waals surface area contributed by atoms with Gasteiger partial charge >= 0.3 is 0 Å². The molecule has 0 fully saturated rings. The molecule has 4 nitrogen and oxygen atoms in total. The number of fused-ring (bicyclic) bond motifs is 7. The minimum absolute atomic E-state index is 0.366. The minimum Gasteiger partial charge on any atom is -0.344 e. The molecule has 0 radical (unpaired) electrons. The molecule has 0 saturated heterocycles. The summed E-state index contributed by atoms with van der Waals surface area (Å²) in [5.41, 5.74) is 13.4. The van der Waals surface area contributed by atoms with Crippen LogP contribution in [0.15, 0.2) is 241 Å². The lowest BCUT2D eigenvalue weighted by Crippen LogP contribution is -2.33. The Labute approximate surface area is 386 Å². The van der Waals surface area contributed by atoms with Crippen molar-refractivity contribution in [3.8, 4) is 39.1 Å². The molecule has 10 aromatic carbocycles. The van der Waals surface area contributed by atoms with Gasteiger partial charge in [-0.1, -0.05) is 182 Å². The fraction of sp³-hybridized carbons (Fsp3) is 0.0164. The fourth-order valence-corrected chi connectivity index (χ4v) is 10.9. The number of hydrogen-bond donors (Lipinski definition) is 1. The van der Waals surface area contributed by atoms with Crippen molar-refractivity contribution >= 4 is 75.8 Å². The Morgan fingerprint density at radius 3 is 1.73 bits per heavy atom. The molecule has 3 heterocycles. The van der Waals surface area contributed by atoms with E-state index < -0.39 is 0 Å². The van der Waals surface area contributed by atoms with E-state index in [1.165, 1.54) is 63.9 Å². The zero-order valence-electron chi connectivity index (χ0n) is 35.8. The van der Waals surface area contributed by atoms with Gasteiger partial charge in [0.25, 0.3) is 0 Å². The van der Waals surface area contributed by atoms with Crippen LogP contribution in [0, 0.1) is 0 Å². The largest absolute Gasteiger partial charge is 0.344 e. The Bertz CT molecular complexity index is 3880. The van der Waals surface area contributed by atoms with E-state index in [0.717, 1.165) is 50.4 Å². The predicted octanol–water partition coefficient (Wildman–Crippen LogP) is 15.8. The van der Waals surface area contributed by atoms with Crippen LogP contribution in [0.1, 0.15) is 22.9 Å². The zero-order chi connectivity index (χ0) is 43.6. The predicted molar refractivity (Wildman–Crippen MR) is 279 cm³/mol. The third-order valence-corrected chi connectivity index (χ3v) is 14.2. The molecule has 0 saturated carbocycles. The summed E-state index contributed by atoms with van der Waals surface area (Å²) in [5.74, 6) is 1.46. The summed E-state index contributed by atoms with van der Waals surface area (Å²) in [6.45, 7) is 0. The SMILES string of the molecule is c1ccc(-c2ccc(C3=NC(c4ccc(-n5c6ccccc6c6cc7ccccc7cc65)c(-c5ccc6c(c5)sc5ccccc56)c4)=NC(c4ccc(-c5ccccc5)cc4)N3)cc2)cc1. The van der Waals surface area contributed by atoms with Crippen molar-refractivity contribution in [2.24, 2.45) is 9.98 Å². The van der Waals surface area contributed by atoms with Crippen LogP contribution >= 0.6 is 11.3 Å². The van der Waals surface area contributed by atoms with Crippen LogP contribution in [0.5, 0.6) is 0 Å². The average Bonchev–Trinajstić information content (AvgIpc) is 3.93. The van der Waals surface area contributed by atoms with E-state index in [9.17, 15) is 0 Å². The standard InChI is InChI=1S/C61H40N4S/c1-3-13-39(14-4-1)41-23-27-43(28-24-41)59-62-60(44-29-25-42(26-30-44)40-15-5-2-6-16-40)64-61(63-59)48-32-34-55(52(36-48)47-31-33-51-50-20-10-12-22-57(50)66-58(51)38-47)65-54-21-11-9-19-49(54)53-35-45-17-7-8-18-46(45)37-56(53)65/h1-38,59H,(H,62,63,64). The Balaban J connectivity index is 1.01. The molecule has 0 amide bonds. The molecule has 310 valence electrons. The summed E-state index contributed by atoms with van der Waals surface area (Å²) in [4.78, 5) is 10.8. The third kappa shape index (κ3) is 6.60. The first kappa shape index (κ1) is 38.1. The molecular formula is C61H40N4S. The van der Waals surface area contributed by atoms with E-state index in [0.29, 0.717) is 5.84 Å². The van der Waals surface area contributed by atoms with Crippen molar-refractivity contribution in [2.45, 2.75) is 6.17 Å². The summed E-state index contributed by atoms with van der Waals surface area (Å²) in [6, 6.07) is 83.0. The van der Waals surface area contributed by atoms with Gasteiger partial charge in [-0.2, -0.15) is 0 Å². The van der Waals surface area contributed by atoms with Gasteiger partial charge in [0.05, 0.1) is 16.7 Å². The maximum atomic E-state index is 5.42. The second-order valence-corrected chi connectivity index (χ2v) is 18.1. The van der Waals surface area contributed by atoms with Gasteiger partial charge in [-0.3, -0.25) is 0 Å². The maximum absolute atomic E-state index is 5.42. The molecule has 12 aromatic rings. The third-order valence-electron chi connectivity index (χ3n) is 13.1. The minimum atomic E-state index is -0.366. The van der Waals surface area contributed by atoms with Crippen molar-refractivity contribution in [3.63, 3.8) is 0 Å². The monoisotopic (exact) mass is 860 g/mol. The first-order chi connectivity index (χ1) is 32.7. The molecule has 66 heavy (non-hydrogen) atoms. The molecule has 13 rings (SSSR count). The van der Waals surface area contributed by atoms with Crippen LogP contribution in [0.3, 0.4) is 0 Å². The molecule has 0 aliphatic carbocycles. The van der Waals surface area contributed by atoms with Gasteiger partial charge in [-0.05, 0) is 92.7 Å². The lowest BCUT2D eigenvalue weighted by atomic mass is 9.98. The number of hydrogen-bond acceptors (Lipinski definition) is 4. The smallest absolute Gasteiger partial charge is 0.159 e. The first-order valence-electron chi connectivity index (χ1n) is 22.4. The van der Waals surface area contributed by atoms with Crippen molar-refractivity contribution in [2.75, 3.05) is 0 Å². The lowest BCUT2D eigenvalue weighted by Gasteiger charge is -2.24. The van der Waals surface area contributed by atoms with Crippen LogP contribution in [0.25, 0.3) is 91.8 Å². The zero-order valence-corrected chi connectivity index (χ0v) is 36.6. The number of thiophene rings is 1. The van der Waals surface area contributed by atoms with Gasteiger partial charge in [-0.25, -0.2) is 9.98 Å². The van der Waals surface area contributed by atoms with Crippen LogP contribution in [-0.2, 0) is 0 Å². The number of aliphatic imine (C=N–C) groups is 2. The Morgan fingerprint density at radius 1 is 0.394 bits per heavy atom. The highest BCUT2D eigenvalue weighted by Crippen LogP contribution is 2.42. The molecule has 1 N–H and O–H groups in total. The average molecular weight is 861 g/mol. The summed E-state index contributed by atoms with van der Waals surface area (Å²) in [7, 11) is 0. The van der Waals surface area contributed by atoms with Crippen LogP contribution < -0.4 is 5.32 Å². The number of amidine groups is 2. The van der Waals surface area contributed by atoms with E-state index in [2.05, 4.69) is 240 Å². The highest BCUT2D eigenvalue weighted by Gasteiger charge is 2.24. The molecule has 1 unspecified atom stereocenters. The number of rotatable bonds is 7. The quantitative estimate of drug-likeness (QED) is 0.170. The number of nitrogens with zero attached hydrogens (tertiary/aromatic N) is 3. The molecule has 0 bridgehead atoms. The fourth-order valence-electron chi connectivity index (χ4n) is 9.75. The van der Waals surface area contributed by atoms with Crippen molar-refractivity contribution in [1.82, 2.24) is 9.88 Å². The van der Waals surface area contributed by atoms with Crippen molar-refractivity contribution < 1.29 is 0 Å². The van der Waals surface area contributed by atoms with Gasteiger partial charge in [0, 0.05) is 47.6 Å². The highest BCUT2D eigenvalue weighted by atomic mass is 32.1. The summed E-state index contributed by atoms with van der Waals surface area (Å²) in [5, 5.41) is 11.2. The second-order valence-electron chi connectivity index (χ2n) is 17.0. The molecule has 5 heteroatoms. The van der Waals surface area contributed by atoms with E-state index in [1.807, 2.05) is 11.3 Å². The van der Waals surface area contributed by atoms with Gasteiger partial charge in [0.1, 0.15) is 12.0 Å². The van der Waals surface area contributed by atoms with Crippen molar-refractivity contribution in [3.05, 3.63) is 247 Å². The van der Waals surface area contributed by atoms with E-state index in [-0.39, 0.29) is 6.17 Å². The number of aromatic nitrogens is 1. The van der Waals surface area contributed by atoms with E-state index in [1.54, 1.807) is 0 Å². The summed E-state index contributed by atoms with van der Waals surface area (Å²) in [6.07, 6.45) is -0.366. The molecular weight excluding hydrogens is 821 g/mol. The van der Waals surface area contributed by atoms with Gasteiger partial charge < -0.3 is 9.88 Å². The van der Waals surface area contributed by atoms with Gasteiger partial charge in [0.2, 0.25) is 0 Å². The van der Waals surface area contributed by atoms with Gasteiger partial charge in [0.15, 0.2) is 5.84 Å². The topological polar surface area (TPSA) is 41.7 Å². The van der Waals surface area contributed by atoms with E-state index >= 15 is 0 Å². The Morgan fingerprint density at radius 2 is 0.970 bits per heavy atom.